The Morgan fingerprint density at radius 1 is 1.21 bits per heavy atom. The van der Waals surface area contributed by atoms with E-state index in [4.69, 9.17) is 15.9 Å². The lowest BCUT2D eigenvalue weighted by Gasteiger charge is -2.33. The number of amides is 1. The Hall–Kier alpha value is -2.08. The second kappa shape index (κ2) is 6.19. The van der Waals surface area contributed by atoms with Crippen molar-refractivity contribution in [3.8, 4) is 5.75 Å². The maximum atomic E-state index is 11.9. The van der Waals surface area contributed by atoms with Crippen LogP contribution in [0.1, 0.15) is 0 Å². The summed E-state index contributed by atoms with van der Waals surface area (Å²) < 4.78 is 5.27. The molecule has 1 aromatic carbocycles. The molecule has 1 saturated heterocycles. The van der Waals surface area contributed by atoms with Crippen molar-refractivity contribution in [1.29, 1.82) is 5.41 Å². The van der Waals surface area contributed by atoms with Crippen molar-refractivity contribution in [2.45, 2.75) is 0 Å². The van der Waals surface area contributed by atoms with Crippen molar-refractivity contribution >= 4 is 11.9 Å². The van der Waals surface area contributed by atoms with Crippen LogP contribution in [0, 0.1) is 5.41 Å². The van der Waals surface area contributed by atoms with Crippen LogP contribution in [0.2, 0.25) is 0 Å². The highest BCUT2D eigenvalue weighted by molar-refractivity contribution is 5.79. The standard InChI is InChI=1S/C13H18N4O2/c14-12(15)10-16-6-8-17(9-7-16)13(18)19-11-4-2-1-3-5-11/h1-5H,6-10H2,(H3,14,15). The lowest BCUT2D eigenvalue weighted by Crippen LogP contribution is -2.51. The Labute approximate surface area is 112 Å². The number of benzene rings is 1. The fourth-order valence-corrected chi connectivity index (χ4v) is 1.98. The largest absolute Gasteiger partial charge is 0.415 e. The van der Waals surface area contributed by atoms with E-state index in [-0.39, 0.29) is 11.9 Å². The van der Waals surface area contributed by atoms with Gasteiger partial charge < -0.3 is 15.4 Å². The summed E-state index contributed by atoms with van der Waals surface area (Å²) in [6.45, 7) is 3.08. The van der Waals surface area contributed by atoms with E-state index in [0.717, 1.165) is 0 Å². The van der Waals surface area contributed by atoms with Crippen molar-refractivity contribution in [3.63, 3.8) is 0 Å². The van der Waals surface area contributed by atoms with Crippen LogP contribution in [0.15, 0.2) is 30.3 Å². The van der Waals surface area contributed by atoms with Crippen LogP contribution >= 0.6 is 0 Å². The van der Waals surface area contributed by atoms with Crippen LogP contribution in [0.4, 0.5) is 4.79 Å². The first kappa shape index (κ1) is 13.4. The van der Waals surface area contributed by atoms with E-state index in [0.29, 0.717) is 38.5 Å². The van der Waals surface area contributed by atoms with Gasteiger partial charge in [-0.05, 0) is 12.1 Å². The first-order valence-corrected chi connectivity index (χ1v) is 6.22. The van der Waals surface area contributed by atoms with E-state index in [2.05, 4.69) is 4.90 Å². The van der Waals surface area contributed by atoms with Gasteiger partial charge in [-0.3, -0.25) is 10.3 Å². The molecule has 1 heterocycles. The van der Waals surface area contributed by atoms with Crippen LogP contribution in [0.3, 0.4) is 0 Å². The number of para-hydroxylation sites is 1. The summed E-state index contributed by atoms with van der Waals surface area (Å²) in [7, 11) is 0. The molecule has 1 aliphatic rings. The molecule has 6 nitrogen and oxygen atoms in total. The minimum atomic E-state index is -0.325. The van der Waals surface area contributed by atoms with Gasteiger partial charge in [0.2, 0.25) is 0 Å². The van der Waals surface area contributed by atoms with E-state index in [9.17, 15) is 4.79 Å². The predicted molar refractivity (Wildman–Crippen MR) is 72.4 cm³/mol. The number of piperazine rings is 1. The average molecular weight is 262 g/mol. The Morgan fingerprint density at radius 3 is 2.42 bits per heavy atom. The molecule has 0 unspecified atom stereocenters. The van der Waals surface area contributed by atoms with Gasteiger partial charge in [0, 0.05) is 26.2 Å². The Bertz CT molecular complexity index is 441. The molecule has 1 aromatic rings. The van der Waals surface area contributed by atoms with Gasteiger partial charge in [0.1, 0.15) is 11.6 Å². The van der Waals surface area contributed by atoms with Crippen LogP contribution < -0.4 is 10.5 Å². The Kier molecular flexibility index (Phi) is 4.35. The molecule has 19 heavy (non-hydrogen) atoms. The Morgan fingerprint density at radius 2 is 1.84 bits per heavy atom. The number of rotatable bonds is 3. The minimum Gasteiger partial charge on any atom is -0.410 e. The number of nitrogens with one attached hydrogen (secondary N) is 1. The highest BCUT2D eigenvalue weighted by Crippen LogP contribution is 2.11. The smallest absolute Gasteiger partial charge is 0.410 e. The molecule has 0 saturated carbocycles. The SMILES string of the molecule is N=C(N)CN1CCN(C(=O)Oc2ccccc2)CC1. The predicted octanol–water partition coefficient (Wildman–Crippen LogP) is 0.739. The van der Waals surface area contributed by atoms with E-state index in [1.165, 1.54) is 0 Å². The molecule has 1 aliphatic heterocycles. The number of amidine groups is 1. The van der Waals surface area contributed by atoms with Gasteiger partial charge in [-0.15, -0.1) is 0 Å². The highest BCUT2D eigenvalue weighted by Gasteiger charge is 2.22. The molecule has 3 N–H and O–H groups in total. The number of ether oxygens (including phenoxy) is 1. The van der Waals surface area contributed by atoms with Gasteiger partial charge in [0.25, 0.3) is 0 Å². The van der Waals surface area contributed by atoms with Gasteiger partial charge in [-0.1, -0.05) is 18.2 Å². The van der Waals surface area contributed by atoms with Crippen molar-refractivity contribution in [1.82, 2.24) is 9.80 Å². The van der Waals surface area contributed by atoms with Crippen molar-refractivity contribution in [2.75, 3.05) is 32.7 Å². The van der Waals surface area contributed by atoms with Crippen LogP contribution in [-0.4, -0.2) is 54.5 Å². The van der Waals surface area contributed by atoms with E-state index in [1.54, 1.807) is 17.0 Å². The number of hydrogen-bond donors (Lipinski definition) is 2. The summed E-state index contributed by atoms with van der Waals surface area (Å²) >= 11 is 0. The van der Waals surface area contributed by atoms with Gasteiger partial charge in [0.05, 0.1) is 6.54 Å². The van der Waals surface area contributed by atoms with Crippen molar-refractivity contribution in [3.05, 3.63) is 30.3 Å². The third-order valence-electron chi connectivity index (χ3n) is 2.97. The highest BCUT2D eigenvalue weighted by atomic mass is 16.6. The molecular formula is C13H18N4O2. The normalized spacial score (nSPS) is 16.1. The molecule has 0 spiro atoms. The van der Waals surface area contributed by atoms with Gasteiger partial charge in [-0.2, -0.15) is 0 Å². The molecule has 1 amide bonds. The zero-order valence-electron chi connectivity index (χ0n) is 10.7. The summed E-state index contributed by atoms with van der Waals surface area (Å²) in [6, 6.07) is 9.03. The maximum absolute atomic E-state index is 11.9. The molecule has 0 radical (unpaired) electrons. The van der Waals surface area contributed by atoms with E-state index >= 15 is 0 Å². The lowest BCUT2D eigenvalue weighted by molar-refractivity contribution is 0.117. The van der Waals surface area contributed by atoms with E-state index < -0.39 is 0 Å². The fraction of sp³-hybridized carbons (Fsp3) is 0.385. The van der Waals surface area contributed by atoms with Gasteiger partial charge in [0.15, 0.2) is 0 Å². The van der Waals surface area contributed by atoms with Crippen LogP contribution in [-0.2, 0) is 0 Å². The van der Waals surface area contributed by atoms with E-state index in [1.807, 2.05) is 18.2 Å². The van der Waals surface area contributed by atoms with Crippen LogP contribution in [0.25, 0.3) is 0 Å². The number of nitrogens with zero attached hydrogens (tertiary/aromatic N) is 2. The number of carbonyl (C=O) groups is 1. The summed E-state index contributed by atoms with van der Waals surface area (Å²) in [5, 5.41) is 7.24. The lowest BCUT2D eigenvalue weighted by atomic mass is 10.3. The summed E-state index contributed by atoms with van der Waals surface area (Å²) in [4.78, 5) is 15.6. The monoisotopic (exact) mass is 262 g/mol. The molecular weight excluding hydrogens is 244 g/mol. The zero-order valence-corrected chi connectivity index (χ0v) is 10.7. The summed E-state index contributed by atoms with van der Waals surface area (Å²) in [5.41, 5.74) is 5.36. The molecule has 0 aromatic heterocycles. The topological polar surface area (TPSA) is 82.7 Å². The third kappa shape index (κ3) is 3.96. The molecule has 6 heteroatoms. The van der Waals surface area contributed by atoms with Crippen molar-refractivity contribution < 1.29 is 9.53 Å². The second-order valence-electron chi connectivity index (χ2n) is 4.47. The quantitative estimate of drug-likeness (QED) is 0.621. The number of nitrogens with two attached hydrogens (primary N) is 1. The zero-order chi connectivity index (χ0) is 13.7. The molecule has 1 fully saturated rings. The molecule has 0 bridgehead atoms. The molecule has 0 atom stereocenters. The first-order valence-electron chi connectivity index (χ1n) is 6.22. The molecule has 102 valence electrons. The minimum absolute atomic E-state index is 0.153. The van der Waals surface area contributed by atoms with Crippen molar-refractivity contribution in [2.24, 2.45) is 5.73 Å². The average Bonchev–Trinajstić information content (AvgIpc) is 2.40. The summed E-state index contributed by atoms with van der Waals surface area (Å²) in [5.74, 6) is 0.707. The number of carbonyl (C=O) groups excluding carboxylic acids is 1. The second-order valence-corrected chi connectivity index (χ2v) is 4.47. The molecule has 2 rings (SSSR count). The van der Waals surface area contributed by atoms with Gasteiger partial charge in [-0.25, -0.2) is 4.79 Å². The Balaban J connectivity index is 1.81. The fourth-order valence-electron chi connectivity index (χ4n) is 1.98. The third-order valence-corrected chi connectivity index (χ3v) is 2.97. The molecule has 0 aliphatic carbocycles. The first-order chi connectivity index (χ1) is 9.15. The van der Waals surface area contributed by atoms with Gasteiger partial charge >= 0.3 is 6.09 Å². The maximum Gasteiger partial charge on any atom is 0.415 e. The van der Waals surface area contributed by atoms with Crippen LogP contribution in [0.5, 0.6) is 5.75 Å². The number of hydrogen-bond acceptors (Lipinski definition) is 4. The summed E-state index contributed by atoms with van der Waals surface area (Å²) in [6.07, 6.45) is -0.325.